The number of rotatable bonds is 2. The normalized spacial score (nSPS) is 11.1. The molecule has 0 bridgehead atoms. The number of fused-ring (bicyclic) bond motifs is 1. The Bertz CT molecular complexity index is 674. The first-order chi connectivity index (χ1) is 8.29. The molecule has 17 heavy (non-hydrogen) atoms. The summed E-state index contributed by atoms with van der Waals surface area (Å²) in [6.45, 7) is 0.189. The van der Waals surface area contributed by atoms with Gasteiger partial charge in [-0.2, -0.15) is 4.98 Å². The van der Waals surface area contributed by atoms with Gasteiger partial charge >= 0.3 is 0 Å². The predicted molar refractivity (Wildman–Crippen MR) is 64.7 cm³/mol. The summed E-state index contributed by atoms with van der Waals surface area (Å²) in [5, 5.41) is 16.6. The molecule has 0 aliphatic carbocycles. The molecule has 0 saturated heterocycles. The van der Waals surface area contributed by atoms with Gasteiger partial charge in [0.1, 0.15) is 5.75 Å². The third-order valence-electron chi connectivity index (χ3n) is 2.49. The highest BCUT2D eigenvalue weighted by Gasteiger charge is 2.14. The number of hydrogen-bond acceptors (Lipinski definition) is 6. The Kier molecular flexibility index (Phi) is 2.31. The van der Waals surface area contributed by atoms with Crippen molar-refractivity contribution in [3.05, 3.63) is 29.5 Å². The number of aromatic nitrogens is 2. The highest BCUT2D eigenvalue weighted by atomic mass is 32.1. The van der Waals surface area contributed by atoms with Crippen molar-refractivity contribution in [1.29, 1.82) is 0 Å². The number of phenols is 1. The van der Waals surface area contributed by atoms with Crippen LogP contribution in [-0.2, 0) is 6.54 Å². The van der Waals surface area contributed by atoms with E-state index in [9.17, 15) is 5.11 Å². The zero-order chi connectivity index (χ0) is 11.8. The van der Waals surface area contributed by atoms with Gasteiger partial charge in [0.25, 0.3) is 0 Å². The quantitative estimate of drug-likeness (QED) is 0.724. The van der Waals surface area contributed by atoms with E-state index >= 15 is 0 Å². The Morgan fingerprint density at radius 2 is 2.24 bits per heavy atom. The summed E-state index contributed by atoms with van der Waals surface area (Å²) in [5.74, 6) is 0.883. The largest absolute Gasteiger partial charge is 0.506 e. The molecule has 0 spiro atoms. The third-order valence-corrected chi connectivity index (χ3v) is 3.37. The fourth-order valence-electron chi connectivity index (χ4n) is 1.66. The minimum Gasteiger partial charge on any atom is -0.506 e. The molecule has 0 saturated carbocycles. The van der Waals surface area contributed by atoms with Gasteiger partial charge in [0.05, 0.1) is 12.1 Å². The van der Waals surface area contributed by atoms with Crippen molar-refractivity contribution in [2.24, 2.45) is 5.73 Å². The summed E-state index contributed by atoms with van der Waals surface area (Å²) in [4.78, 5) is 4.09. The van der Waals surface area contributed by atoms with E-state index < -0.39 is 0 Å². The number of hydrogen-bond donors (Lipinski definition) is 2. The Hall–Kier alpha value is -1.92. The molecule has 0 aliphatic rings. The first-order valence-electron chi connectivity index (χ1n) is 5.02. The lowest BCUT2D eigenvalue weighted by molar-refractivity contribution is 0.380. The Morgan fingerprint density at radius 3 is 3.00 bits per heavy atom. The average molecular weight is 247 g/mol. The second kappa shape index (κ2) is 3.83. The van der Waals surface area contributed by atoms with Crippen LogP contribution in [-0.4, -0.2) is 15.2 Å². The van der Waals surface area contributed by atoms with Gasteiger partial charge in [0.15, 0.2) is 0 Å². The lowest BCUT2D eigenvalue weighted by atomic mass is 10.1. The van der Waals surface area contributed by atoms with Crippen LogP contribution in [0.1, 0.15) is 5.89 Å². The van der Waals surface area contributed by atoms with Gasteiger partial charge in [-0.05, 0) is 23.6 Å². The summed E-state index contributed by atoms with van der Waals surface area (Å²) < 4.78 is 5.94. The van der Waals surface area contributed by atoms with E-state index in [1.165, 1.54) is 0 Å². The van der Waals surface area contributed by atoms with Crippen molar-refractivity contribution in [3.63, 3.8) is 0 Å². The fourth-order valence-corrected chi connectivity index (χ4v) is 2.45. The zero-order valence-electron chi connectivity index (χ0n) is 8.75. The topological polar surface area (TPSA) is 85.2 Å². The number of thiophene rings is 1. The summed E-state index contributed by atoms with van der Waals surface area (Å²) >= 11 is 1.57. The lowest BCUT2D eigenvalue weighted by Crippen LogP contribution is -1.95. The number of nitrogens with zero attached hydrogens (tertiary/aromatic N) is 2. The standard InChI is InChI=1S/C11H9N3O2S/c12-5-9-13-11(14-16-9)7-1-2-8-6(10(7)15)3-4-17-8/h1-4,15H,5,12H2. The molecule has 0 amide bonds. The maximum Gasteiger partial charge on any atom is 0.240 e. The van der Waals surface area contributed by atoms with E-state index in [-0.39, 0.29) is 12.3 Å². The molecule has 3 N–H and O–H groups in total. The van der Waals surface area contributed by atoms with Crippen molar-refractivity contribution in [2.45, 2.75) is 6.54 Å². The predicted octanol–water partition coefficient (Wildman–Crippen LogP) is 2.12. The number of nitrogens with two attached hydrogens (primary N) is 1. The van der Waals surface area contributed by atoms with Crippen LogP contribution in [0.4, 0.5) is 0 Å². The minimum absolute atomic E-state index is 0.174. The lowest BCUT2D eigenvalue weighted by Gasteiger charge is -2.00. The molecule has 3 rings (SSSR count). The Balaban J connectivity index is 2.19. The third kappa shape index (κ3) is 1.58. The molecule has 2 heterocycles. The van der Waals surface area contributed by atoms with Crippen LogP contribution in [0.3, 0.4) is 0 Å². The molecule has 0 atom stereocenters. The SMILES string of the molecule is NCc1nc(-c2ccc3sccc3c2O)no1. The fraction of sp³-hybridized carbons (Fsp3) is 0.0909. The second-order valence-electron chi connectivity index (χ2n) is 3.51. The smallest absolute Gasteiger partial charge is 0.240 e. The van der Waals surface area contributed by atoms with E-state index in [1.807, 2.05) is 17.5 Å². The number of phenolic OH excluding ortho intramolecular Hbond substituents is 1. The van der Waals surface area contributed by atoms with Gasteiger partial charge < -0.3 is 15.4 Å². The van der Waals surface area contributed by atoms with Crippen molar-refractivity contribution >= 4 is 21.4 Å². The van der Waals surface area contributed by atoms with E-state index in [2.05, 4.69) is 10.1 Å². The van der Waals surface area contributed by atoms with Crippen molar-refractivity contribution < 1.29 is 9.63 Å². The Morgan fingerprint density at radius 1 is 1.35 bits per heavy atom. The Labute approximate surface area is 100 Å². The monoisotopic (exact) mass is 247 g/mol. The van der Waals surface area contributed by atoms with E-state index in [4.69, 9.17) is 10.3 Å². The minimum atomic E-state index is 0.174. The first-order valence-corrected chi connectivity index (χ1v) is 5.90. The van der Waals surface area contributed by atoms with Crippen molar-refractivity contribution in [3.8, 4) is 17.1 Å². The van der Waals surface area contributed by atoms with Crippen LogP contribution in [0.5, 0.6) is 5.75 Å². The molecule has 5 nitrogen and oxygen atoms in total. The molecular formula is C11H9N3O2S. The summed E-state index contributed by atoms with van der Waals surface area (Å²) in [7, 11) is 0. The molecule has 0 unspecified atom stereocenters. The number of aromatic hydroxyl groups is 1. The molecule has 86 valence electrons. The molecule has 0 radical (unpaired) electrons. The van der Waals surface area contributed by atoms with Crippen molar-refractivity contribution in [2.75, 3.05) is 0 Å². The molecule has 0 fully saturated rings. The van der Waals surface area contributed by atoms with Crippen LogP contribution in [0.15, 0.2) is 28.1 Å². The molecule has 3 aromatic rings. The highest BCUT2D eigenvalue weighted by Crippen LogP contribution is 2.36. The van der Waals surface area contributed by atoms with Crippen molar-refractivity contribution in [1.82, 2.24) is 10.1 Å². The summed E-state index contributed by atoms with van der Waals surface area (Å²) in [5.41, 5.74) is 5.95. The van der Waals surface area contributed by atoms with Gasteiger partial charge in [-0.1, -0.05) is 5.16 Å². The van der Waals surface area contributed by atoms with Gasteiger partial charge in [-0.25, -0.2) is 0 Å². The maximum absolute atomic E-state index is 10.1. The van der Waals surface area contributed by atoms with Gasteiger partial charge in [0.2, 0.25) is 11.7 Å². The van der Waals surface area contributed by atoms with Gasteiger partial charge in [-0.15, -0.1) is 11.3 Å². The number of benzene rings is 1. The second-order valence-corrected chi connectivity index (χ2v) is 4.46. The molecule has 0 aliphatic heterocycles. The van der Waals surface area contributed by atoms with Crippen LogP contribution < -0.4 is 5.73 Å². The molecule has 2 aromatic heterocycles. The van der Waals surface area contributed by atoms with Gasteiger partial charge in [-0.3, -0.25) is 0 Å². The van der Waals surface area contributed by atoms with E-state index in [1.54, 1.807) is 17.4 Å². The van der Waals surface area contributed by atoms with E-state index in [0.29, 0.717) is 17.3 Å². The average Bonchev–Trinajstić information content (AvgIpc) is 2.97. The zero-order valence-corrected chi connectivity index (χ0v) is 9.57. The molecule has 1 aromatic carbocycles. The van der Waals surface area contributed by atoms with Crippen LogP contribution in [0, 0.1) is 0 Å². The first kappa shape index (κ1) is 10.2. The van der Waals surface area contributed by atoms with Crippen LogP contribution in [0.2, 0.25) is 0 Å². The molecule has 6 heteroatoms. The molecular weight excluding hydrogens is 238 g/mol. The summed E-state index contributed by atoms with van der Waals surface area (Å²) in [6, 6.07) is 5.57. The highest BCUT2D eigenvalue weighted by molar-refractivity contribution is 7.17. The maximum atomic E-state index is 10.1. The van der Waals surface area contributed by atoms with Gasteiger partial charge in [0, 0.05) is 10.1 Å². The summed E-state index contributed by atoms with van der Waals surface area (Å²) in [6.07, 6.45) is 0. The van der Waals surface area contributed by atoms with Crippen LogP contribution in [0.25, 0.3) is 21.5 Å². The van der Waals surface area contributed by atoms with E-state index in [0.717, 1.165) is 10.1 Å². The van der Waals surface area contributed by atoms with Crippen LogP contribution >= 0.6 is 11.3 Å².